The maximum Gasteiger partial charge on any atom is 0.0727 e. The van der Waals surface area contributed by atoms with Crippen molar-refractivity contribution in [3.05, 3.63) is 64.8 Å². The number of aryl methyl sites for hydroxylation is 1. The van der Waals surface area contributed by atoms with Gasteiger partial charge in [-0.05, 0) is 49.2 Å². The second kappa shape index (κ2) is 4.74. The minimum absolute atomic E-state index is 0.760. The van der Waals surface area contributed by atoms with E-state index in [0.29, 0.717) is 0 Å². The fraction of sp³-hybridized carbons (Fsp3) is 0.167. The summed E-state index contributed by atoms with van der Waals surface area (Å²) in [7, 11) is 0. The quantitative estimate of drug-likeness (QED) is 0.635. The molecule has 4 rings (SSSR count). The van der Waals surface area contributed by atoms with Crippen molar-refractivity contribution in [2.24, 2.45) is 0 Å². The Kier molecular flexibility index (Phi) is 2.86. The lowest BCUT2D eigenvalue weighted by Crippen LogP contribution is -2.13. The molecule has 0 saturated carbocycles. The van der Waals surface area contributed by atoms with Crippen LogP contribution in [0.4, 0.5) is 11.4 Å². The number of hydrogen-bond donors (Lipinski definition) is 0. The minimum Gasteiger partial charge on any atom is -0.340 e. The van der Waals surface area contributed by atoms with Gasteiger partial charge in [-0.15, -0.1) is 0 Å². The fourth-order valence-corrected chi connectivity index (χ4v) is 3.36. The summed E-state index contributed by atoms with van der Waals surface area (Å²) in [5.41, 5.74) is 5.97. The lowest BCUT2D eigenvalue weighted by Gasteiger charge is -2.21. The summed E-state index contributed by atoms with van der Waals surface area (Å²) >= 11 is 6.21. The van der Waals surface area contributed by atoms with Crippen LogP contribution in [-0.2, 0) is 6.42 Å². The van der Waals surface area contributed by atoms with Crippen LogP contribution >= 0.6 is 11.6 Å². The van der Waals surface area contributed by atoms with Crippen LogP contribution in [0.1, 0.15) is 11.3 Å². The molecule has 0 spiro atoms. The Balaban J connectivity index is 2.02. The summed E-state index contributed by atoms with van der Waals surface area (Å²) < 4.78 is 0. The number of nitrogens with zero attached hydrogens (tertiary/aromatic N) is 2. The first kappa shape index (κ1) is 12.7. The number of anilines is 2. The number of fused-ring (bicyclic) bond motifs is 3. The van der Waals surface area contributed by atoms with Gasteiger partial charge in [-0.3, -0.25) is 4.98 Å². The lowest BCUT2D eigenvalue weighted by molar-refractivity contribution is 0.989. The summed E-state index contributed by atoms with van der Waals surface area (Å²) in [6.07, 6.45) is 1.03. The summed E-state index contributed by atoms with van der Waals surface area (Å²) in [5, 5.41) is 1.90. The predicted molar refractivity (Wildman–Crippen MR) is 88.6 cm³/mol. The molecule has 3 aromatic rings. The summed E-state index contributed by atoms with van der Waals surface area (Å²) in [4.78, 5) is 7.11. The molecule has 0 atom stereocenters. The molecular weight excluding hydrogens is 280 g/mol. The van der Waals surface area contributed by atoms with Crippen molar-refractivity contribution in [3.63, 3.8) is 0 Å². The molecule has 104 valence electrons. The zero-order chi connectivity index (χ0) is 14.4. The number of aromatic nitrogens is 1. The third-order valence-corrected chi connectivity index (χ3v) is 4.38. The van der Waals surface area contributed by atoms with E-state index >= 15 is 0 Å². The molecule has 1 aromatic heterocycles. The molecule has 2 heterocycles. The first-order chi connectivity index (χ1) is 10.2. The van der Waals surface area contributed by atoms with E-state index in [2.05, 4.69) is 36.1 Å². The number of hydrogen-bond acceptors (Lipinski definition) is 2. The molecule has 1 aliphatic heterocycles. The van der Waals surface area contributed by atoms with Gasteiger partial charge in [0.15, 0.2) is 0 Å². The largest absolute Gasteiger partial charge is 0.340 e. The van der Waals surface area contributed by atoms with Crippen LogP contribution in [0.25, 0.3) is 10.9 Å². The van der Waals surface area contributed by atoms with Gasteiger partial charge in [0.2, 0.25) is 0 Å². The van der Waals surface area contributed by atoms with Crippen molar-refractivity contribution in [2.45, 2.75) is 13.3 Å². The number of rotatable bonds is 1. The molecule has 0 radical (unpaired) electrons. The summed E-state index contributed by atoms with van der Waals surface area (Å²) in [5.74, 6) is 0. The number of para-hydroxylation sites is 1. The van der Waals surface area contributed by atoms with Gasteiger partial charge in [0.05, 0.1) is 11.2 Å². The van der Waals surface area contributed by atoms with Crippen molar-refractivity contribution in [3.8, 4) is 0 Å². The van der Waals surface area contributed by atoms with Gasteiger partial charge in [-0.25, -0.2) is 0 Å². The second-order valence-corrected chi connectivity index (χ2v) is 5.86. The molecule has 0 aliphatic carbocycles. The molecule has 0 amide bonds. The number of benzene rings is 2. The van der Waals surface area contributed by atoms with Crippen LogP contribution in [0.15, 0.2) is 48.5 Å². The van der Waals surface area contributed by atoms with Gasteiger partial charge in [-0.2, -0.15) is 0 Å². The van der Waals surface area contributed by atoms with Crippen LogP contribution < -0.4 is 4.90 Å². The molecule has 0 unspecified atom stereocenters. The highest BCUT2D eigenvalue weighted by Crippen LogP contribution is 2.41. The predicted octanol–water partition coefficient (Wildman–Crippen LogP) is 4.89. The maximum absolute atomic E-state index is 6.21. The summed E-state index contributed by atoms with van der Waals surface area (Å²) in [6.45, 7) is 3.09. The van der Waals surface area contributed by atoms with Crippen molar-refractivity contribution in [1.82, 2.24) is 4.98 Å². The Morgan fingerprint density at radius 1 is 1.10 bits per heavy atom. The Labute approximate surface area is 129 Å². The van der Waals surface area contributed by atoms with Crippen LogP contribution in [0, 0.1) is 6.92 Å². The van der Waals surface area contributed by atoms with Crippen molar-refractivity contribution >= 4 is 33.9 Å². The highest BCUT2D eigenvalue weighted by atomic mass is 35.5. The van der Waals surface area contributed by atoms with Gasteiger partial charge in [0, 0.05) is 28.3 Å². The van der Waals surface area contributed by atoms with Gasteiger partial charge >= 0.3 is 0 Å². The third-order valence-electron chi connectivity index (χ3n) is 4.15. The van der Waals surface area contributed by atoms with E-state index in [4.69, 9.17) is 16.6 Å². The molecule has 2 nitrogen and oxygen atoms in total. The topological polar surface area (TPSA) is 16.1 Å². The van der Waals surface area contributed by atoms with E-state index in [0.717, 1.165) is 34.6 Å². The molecular formula is C18H15ClN2. The highest BCUT2D eigenvalue weighted by molar-refractivity contribution is 6.31. The molecule has 1 aliphatic rings. The average molecular weight is 295 g/mol. The normalized spacial score (nSPS) is 13.7. The number of halogens is 1. The summed E-state index contributed by atoms with van der Waals surface area (Å²) in [6, 6.07) is 16.5. The Morgan fingerprint density at radius 2 is 1.90 bits per heavy atom. The first-order valence-corrected chi connectivity index (χ1v) is 7.53. The molecule has 0 N–H and O–H groups in total. The minimum atomic E-state index is 0.760. The molecule has 0 saturated heterocycles. The molecule has 2 aromatic carbocycles. The van der Waals surface area contributed by atoms with E-state index in [1.54, 1.807) is 0 Å². The zero-order valence-electron chi connectivity index (χ0n) is 11.8. The van der Waals surface area contributed by atoms with E-state index < -0.39 is 0 Å². The Morgan fingerprint density at radius 3 is 2.71 bits per heavy atom. The van der Waals surface area contributed by atoms with Crippen LogP contribution in [0.2, 0.25) is 5.02 Å². The van der Waals surface area contributed by atoms with E-state index in [9.17, 15) is 0 Å². The van der Waals surface area contributed by atoms with E-state index in [-0.39, 0.29) is 0 Å². The SMILES string of the molecule is Cc1nc2ccc(Cl)cc2c2c1CCN2c1ccccc1. The zero-order valence-corrected chi connectivity index (χ0v) is 12.6. The highest BCUT2D eigenvalue weighted by Gasteiger charge is 2.25. The van der Waals surface area contributed by atoms with Crippen molar-refractivity contribution in [2.75, 3.05) is 11.4 Å². The molecule has 0 bridgehead atoms. The third kappa shape index (κ3) is 1.98. The number of pyridine rings is 1. The van der Waals surface area contributed by atoms with Crippen molar-refractivity contribution < 1.29 is 0 Å². The van der Waals surface area contributed by atoms with Crippen LogP contribution in [0.3, 0.4) is 0 Å². The van der Waals surface area contributed by atoms with E-state index in [1.807, 2.05) is 24.3 Å². The van der Waals surface area contributed by atoms with Crippen LogP contribution in [0.5, 0.6) is 0 Å². The van der Waals surface area contributed by atoms with Crippen LogP contribution in [-0.4, -0.2) is 11.5 Å². The molecule has 21 heavy (non-hydrogen) atoms. The lowest BCUT2D eigenvalue weighted by atomic mass is 10.1. The fourth-order valence-electron chi connectivity index (χ4n) is 3.19. The van der Waals surface area contributed by atoms with Gasteiger partial charge in [0.1, 0.15) is 0 Å². The van der Waals surface area contributed by atoms with Gasteiger partial charge < -0.3 is 4.90 Å². The average Bonchev–Trinajstić information content (AvgIpc) is 2.95. The standard InChI is InChI=1S/C18H15ClN2/c1-12-15-9-10-21(14-5-3-2-4-6-14)18(15)16-11-13(19)7-8-17(16)20-12/h2-8,11H,9-10H2,1H3. The molecule has 0 fully saturated rings. The second-order valence-electron chi connectivity index (χ2n) is 5.42. The van der Waals surface area contributed by atoms with E-state index in [1.165, 1.54) is 16.9 Å². The van der Waals surface area contributed by atoms with Gasteiger partial charge in [0.25, 0.3) is 0 Å². The van der Waals surface area contributed by atoms with Gasteiger partial charge in [-0.1, -0.05) is 29.8 Å². The first-order valence-electron chi connectivity index (χ1n) is 7.15. The van der Waals surface area contributed by atoms with Crippen molar-refractivity contribution in [1.29, 1.82) is 0 Å². The Bertz CT molecular complexity index is 827. The molecule has 3 heteroatoms. The maximum atomic E-state index is 6.21. The Hall–Kier alpha value is -2.06. The monoisotopic (exact) mass is 294 g/mol. The smallest absolute Gasteiger partial charge is 0.0727 e.